The maximum atomic E-state index is 14.0. The molecule has 1 amide bonds. The molecule has 0 aliphatic rings. The van der Waals surface area contributed by atoms with E-state index < -0.39 is 29.5 Å². The fourth-order valence-electron chi connectivity index (χ4n) is 5.03. The number of aliphatic carboxylic acids is 1. The van der Waals surface area contributed by atoms with Crippen molar-refractivity contribution in [2.24, 2.45) is 0 Å². The molecule has 2 atom stereocenters. The highest BCUT2D eigenvalue weighted by Gasteiger charge is 2.34. The Morgan fingerprint density at radius 2 is 1.68 bits per heavy atom. The van der Waals surface area contributed by atoms with Gasteiger partial charge in [0.05, 0.1) is 17.5 Å². The van der Waals surface area contributed by atoms with Gasteiger partial charge in [-0.1, -0.05) is 55.3 Å². The van der Waals surface area contributed by atoms with Crippen molar-refractivity contribution in [3.05, 3.63) is 112 Å². The molecule has 0 aliphatic carbocycles. The number of rotatable bonds is 10. The minimum Gasteiger partial charge on any atom is -0.481 e. The van der Waals surface area contributed by atoms with Gasteiger partial charge in [-0.05, 0) is 71.5 Å². The van der Waals surface area contributed by atoms with E-state index in [0.29, 0.717) is 28.0 Å². The smallest absolute Gasteiger partial charge is 0.416 e. The molecule has 1 aromatic heterocycles. The van der Waals surface area contributed by atoms with Crippen molar-refractivity contribution >= 4 is 34.4 Å². The van der Waals surface area contributed by atoms with Crippen molar-refractivity contribution in [1.29, 1.82) is 0 Å². The lowest BCUT2D eigenvalue weighted by Gasteiger charge is -2.30. The first-order valence-electron chi connectivity index (χ1n) is 12.9. The first kappa shape index (κ1) is 29.1. The quantitative estimate of drug-likeness (QED) is 0.204. The fraction of sp³-hybridized carbons (Fsp3) is 0.258. The summed E-state index contributed by atoms with van der Waals surface area (Å²) in [5, 5.41) is 12.5. The van der Waals surface area contributed by atoms with Crippen molar-refractivity contribution in [3.63, 3.8) is 0 Å². The Balaban J connectivity index is 1.84. The van der Waals surface area contributed by atoms with Gasteiger partial charge in [-0.15, -0.1) is 0 Å². The zero-order valence-electron chi connectivity index (χ0n) is 21.7. The highest BCUT2D eigenvalue weighted by molar-refractivity contribution is 6.30. The van der Waals surface area contributed by atoms with E-state index in [-0.39, 0.29) is 24.4 Å². The normalized spacial score (nSPS) is 13.1. The summed E-state index contributed by atoms with van der Waals surface area (Å²) in [7, 11) is 0. The van der Waals surface area contributed by atoms with Crippen LogP contribution in [0.3, 0.4) is 0 Å². The zero-order chi connectivity index (χ0) is 28.9. The lowest BCUT2D eigenvalue weighted by atomic mass is 9.73. The molecule has 0 radical (unpaired) electrons. The van der Waals surface area contributed by atoms with Crippen LogP contribution in [0, 0.1) is 0 Å². The Labute approximate surface area is 235 Å². The van der Waals surface area contributed by atoms with Crippen LogP contribution in [0.15, 0.2) is 79.0 Å². The molecule has 0 aliphatic heterocycles. The van der Waals surface area contributed by atoms with Crippen molar-refractivity contribution in [2.45, 2.75) is 44.2 Å². The van der Waals surface area contributed by atoms with E-state index in [1.165, 1.54) is 12.3 Å². The molecule has 0 bridgehead atoms. The van der Waals surface area contributed by atoms with Gasteiger partial charge in [-0.25, -0.2) is 0 Å². The summed E-state index contributed by atoms with van der Waals surface area (Å²) in [4.78, 5) is 27.5. The third-order valence-corrected chi connectivity index (χ3v) is 7.12. The Morgan fingerprint density at radius 1 is 1.00 bits per heavy atom. The van der Waals surface area contributed by atoms with Gasteiger partial charge in [-0.2, -0.15) is 13.2 Å². The van der Waals surface area contributed by atoms with Crippen LogP contribution in [-0.4, -0.2) is 28.5 Å². The molecular formula is C31H28ClF3N2O3. The molecule has 4 aromatic rings. The van der Waals surface area contributed by atoms with Gasteiger partial charge in [0.15, 0.2) is 0 Å². The number of nitrogens with one attached hydrogen (secondary N) is 1. The number of pyridine rings is 1. The number of carboxylic acids is 1. The molecule has 0 saturated heterocycles. The van der Waals surface area contributed by atoms with E-state index in [1.807, 2.05) is 31.2 Å². The molecule has 0 fully saturated rings. The van der Waals surface area contributed by atoms with E-state index in [9.17, 15) is 22.8 Å². The van der Waals surface area contributed by atoms with Crippen molar-refractivity contribution < 1.29 is 27.9 Å². The Kier molecular flexibility index (Phi) is 9.10. The summed E-state index contributed by atoms with van der Waals surface area (Å²) in [5.41, 5.74) is 2.03. The van der Waals surface area contributed by atoms with Gasteiger partial charge < -0.3 is 10.4 Å². The number of benzene rings is 3. The minimum absolute atomic E-state index is 0.00365. The number of nitrogens with zero attached hydrogens (tertiary/aromatic N) is 1. The van der Waals surface area contributed by atoms with E-state index >= 15 is 0 Å². The summed E-state index contributed by atoms with van der Waals surface area (Å²) in [6, 6.07) is 19.8. The topological polar surface area (TPSA) is 79.3 Å². The molecule has 4 rings (SSSR count). The lowest BCUT2D eigenvalue weighted by Crippen LogP contribution is -2.26. The van der Waals surface area contributed by atoms with Crippen LogP contribution in [0.4, 0.5) is 13.2 Å². The summed E-state index contributed by atoms with van der Waals surface area (Å²) in [5.74, 6) is -2.11. The number of hydrogen-bond donors (Lipinski definition) is 2. The van der Waals surface area contributed by atoms with E-state index in [2.05, 4.69) is 10.3 Å². The number of carboxylic acid groups (broad SMARTS) is 1. The standard InChI is InChI=1S/C31H28ClF3N2O3/c1-2-4-24(19-6-8-21(9-7-19)30(40)37-16-14-28(38)39)29(20-10-12-23(32)13-11-20)26-17-22(31(33,34)35)18-27-25(26)5-3-15-36-27/h3,5-13,15,17-18,24,29H,2,4,14,16H2,1H3,(H,37,40)(H,38,39)/t24-,29?/m1/s1. The SMILES string of the molecule is CCC[C@H](c1ccc(C(=O)NCCC(=O)O)cc1)C(c1ccc(Cl)cc1)c1cc(C(F)(F)F)cc2ncccc12. The predicted molar refractivity (Wildman–Crippen MR) is 149 cm³/mol. The molecule has 0 spiro atoms. The first-order valence-corrected chi connectivity index (χ1v) is 13.3. The second kappa shape index (κ2) is 12.5. The van der Waals surface area contributed by atoms with Crippen molar-refractivity contribution in [1.82, 2.24) is 10.3 Å². The molecule has 2 N–H and O–H groups in total. The number of amides is 1. The van der Waals surface area contributed by atoms with Crippen LogP contribution in [0.25, 0.3) is 10.9 Å². The first-order chi connectivity index (χ1) is 19.1. The third kappa shape index (κ3) is 6.80. The monoisotopic (exact) mass is 568 g/mol. The van der Waals surface area contributed by atoms with Gasteiger partial charge in [0.25, 0.3) is 5.91 Å². The van der Waals surface area contributed by atoms with Crippen LogP contribution >= 0.6 is 11.6 Å². The summed E-state index contributed by atoms with van der Waals surface area (Å²) in [6.45, 7) is 2.02. The molecule has 208 valence electrons. The second-order valence-electron chi connectivity index (χ2n) is 9.58. The molecule has 40 heavy (non-hydrogen) atoms. The number of halogens is 4. The van der Waals surface area contributed by atoms with Crippen molar-refractivity contribution in [3.8, 4) is 0 Å². The van der Waals surface area contributed by atoms with Crippen LogP contribution in [-0.2, 0) is 11.0 Å². The fourth-order valence-corrected chi connectivity index (χ4v) is 5.16. The number of carbonyl (C=O) groups is 2. The predicted octanol–water partition coefficient (Wildman–Crippen LogP) is 7.83. The summed E-state index contributed by atoms with van der Waals surface area (Å²) < 4.78 is 42.1. The minimum atomic E-state index is -4.55. The van der Waals surface area contributed by atoms with Crippen molar-refractivity contribution in [2.75, 3.05) is 6.54 Å². The zero-order valence-corrected chi connectivity index (χ0v) is 22.5. The number of hydrogen-bond acceptors (Lipinski definition) is 3. The van der Waals surface area contributed by atoms with Gasteiger partial charge in [0.2, 0.25) is 0 Å². The van der Waals surface area contributed by atoms with E-state index in [1.54, 1.807) is 36.4 Å². The Bertz CT molecular complexity index is 1490. The average molecular weight is 569 g/mol. The summed E-state index contributed by atoms with van der Waals surface area (Å²) in [6.07, 6.45) is -1.84. The number of fused-ring (bicyclic) bond motifs is 1. The van der Waals surface area contributed by atoms with Gasteiger partial charge in [0, 0.05) is 34.6 Å². The molecule has 5 nitrogen and oxygen atoms in total. The molecular weight excluding hydrogens is 541 g/mol. The van der Waals surface area contributed by atoms with Crippen LogP contribution < -0.4 is 5.32 Å². The number of alkyl halides is 3. The van der Waals surface area contributed by atoms with E-state index in [0.717, 1.165) is 23.6 Å². The number of carbonyl (C=O) groups excluding carboxylic acids is 1. The Morgan fingerprint density at radius 3 is 2.30 bits per heavy atom. The molecule has 9 heteroatoms. The molecule has 1 unspecified atom stereocenters. The van der Waals surface area contributed by atoms with Crippen LogP contribution in [0.1, 0.15) is 70.6 Å². The summed E-state index contributed by atoms with van der Waals surface area (Å²) >= 11 is 6.17. The third-order valence-electron chi connectivity index (χ3n) is 6.87. The van der Waals surface area contributed by atoms with Gasteiger partial charge >= 0.3 is 12.1 Å². The number of aromatic nitrogens is 1. The van der Waals surface area contributed by atoms with Gasteiger partial charge in [0.1, 0.15) is 0 Å². The lowest BCUT2D eigenvalue weighted by molar-refractivity contribution is -0.138. The molecule has 1 heterocycles. The van der Waals surface area contributed by atoms with E-state index in [4.69, 9.17) is 16.7 Å². The maximum absolute atomic E-state index is 14.0. The Hall–Kier alpha value is -3.91. The maximum Gasteiger partial charge on any atom is 0.416 e. The molecule has 3 aromatic carbocycles. The average Bonchev–Trinajstić information content (AvgIpc) is 2.93. The van der Waals surface area contributed by atoms with Crippen LogP contribution in [0.2, 0.25) is 5.02 Å². The highest BCUT2D eigenvalue weighted by atomic mass is 35.5. The highest BCUT2D eigenvalue weighted by Crippen LogP contribution is 2.45. The second-order valence-corrected chi connectivity index (χ2v) is 10.0. The largest absolute Gasteiger partial charge is 0.481 e. The molecule has 0 saturated carbocycles. The van der Waals surface area contributed by atoms with Gasteiger partial charge in [-0.3, -0.25) is 14.6 Å². The van der Waals surface area contributed by atoms with Crippen LogP contribution in [0.5, 0.6) is 0 Å².